The molecule has 4 atom stereocenters. The molecular formula is C27H44N2O6S. The van der Waals surface area contributed by atoms with Crippen molar-refractivity contribution in [2.24, 2.45) is 11.8 Å². The van der Waals surface area contributed by atoms with Gasteiger partial charge in [-0.3, -0.25) is 9.59 Å². The molecule has 0 fully saturated rings. The van der Waals surface area contributed by atoms with Crippen LogP contribution in [0.2, 0.25) is 0 Å². The van der Waals surface area contributed by atoms with Gasteiger partial charge in [-0.2, -0.15) is 0 Å². The summed E-state index contributed by atoms with van der Waals surface area (Å²) in [7, 11) is -3.37. The maximum absolute atomic E-state index is 13.0. The first kappa shape index (κ1) is 30.1. The summed E-state index contributed by atoms with van der Waals surface area (Å²) in [6.45, 7) is 6.54. The van der Waals surface area contributed by atoms with E-state index in [4.69, 9.17) is 4.74 Å². The van der Waals surface area contributed by atoms with E-state index in [0.29, 0.717) is 26.0 Å². The van der Waals surface area contributed by atoms with Crippen LogP contribution in [0.15, 0.2) is 24.3 Å². The summed E-state index contributed by atoms with van der Waals surface area (Å²) >= 11 is 0. The number of nitrogens with one attached hydrogen (secondary N) is 2. The van der Waals surface area contributed by atoms with Gasteiger partial charge >= 0.3 is 0 Å². The molecule has 1 aliphatic heterocycles. The number of rotatable bonds is 7. The van der Waals surface area contributed by atoms with E-state index in [0.717, 1.165) is 43.4 Å². The lowest BCUT2D eigenvalue weighted by molar-refractivity contribution is -0.126. The SMILES string of the molecule is CCCCNC(=O)[C@H](C)C[C@H](O)[C@@H]1Cc2cccc(c2)OCCCCCCS(=O)(=O)C[C@@H](C)C(=O)N1. The maximum Gasteiger partial charge on any atom is 0.224 e. The highest BCUT2D eigenvalue weighted by Crippen LogP contribution is 2.19. The van der Waals surface area contributed by atoms with Gasteiger partial charge in [0.1, 0.15) is 5.75 Å². The van der Waals surface area contributed by atoms with Crippen LogP contribution in [-0.2, 0) is 25.8 Å². The molecule has 3 N–H and O–H groups in total. The number of aliphatic hydroxyl groups is 1. The van der Waals surface area contributed by atoms with Crippen molar-refractivity contribution >= 4 is 21.7 Å². The van der Waals surface area contributed by atoms with E-state index >= 15 is 0 Å². The molecule has 0 aliphatic carbocycles. The largest absolute Gasteiger partial charge is 0.494 e. The Balaban J connectivity index is 2.20. The molecular weight excluding hydrogens is 480 g/mol. The van der Waals surface area contributed by atoms with E-state index in [1.165, 1.54) is 0 Å². The zero-order valence-electron chi connectivity index (χ0n) is 22.0. The minimum atomic E-state index is -3.37. The number of benzene rings is 1. The van der Waals surface area contributed by atoms with Gasteiger partial charge in [-0.05, 0) is 49.8 Å². The fourth-order valence-electron chi connectivity index (χ4n) is 4.33. The fraction of sp³-hybridized carbons (Fsp3) is 0.704. The average Bonchev–Trinajstić information content (AvgIpc) is 2.82. The topological polar surface area (TPSA) is 122 Å². The highest BCUT2D eigenvalue weighted by molar-refractivity contribution is 7.91. The Morgan fingerprint density at radius 2 is 2.00 bits per heavy atom. The Morgan fingerprint density at radius 3 is 2.75 bits per heavy atom. The normalized spacial score (nSPS) is 23.4. The van der Waals surface area contributed by atoms with Gasteiger partial charge in [0.05, 0.1) is 30.3 Å². The minimum Gasteiger partial charge on any atom is -0.494 e. The monoisotopic (exact) mass is 524 g/mol. The number of hydrogen-bond donors (Lipinski definition) is 3. The van der Waals surface area contributed by atoms with Crippen molar-refractivity contribution in [2.45, 2.75) is 84.3 Å². The van der Waals surface area contributed by atoms with Gasteiger partial charge in [0.15, 0.2) is 9.84 Å². The molecule has 1 heterocycles. The summed E-state index contributed by atoms with van der Waals surface area (Å²) in [6, 6.07) is 6.88. The molecule has 2 amide bonds. The predicted octanol–water partition coefficient (Wildman–Crippen LogP) is 3.02. The van der Waals surface area contributed by atoms with Crippen LogP contribution in [-0.4, -0.2) is 62.1 Å². The van der Waals surface area contributed by atoms with Gasteiger partial charge in [0.25, 0.3) is 0 Å². The second kappa shape index (κ2) is 15.2. The van der Waals surface area contributed by atoms with Crippen LogP contribution in [0.3, 0.4) is 0 Å². The van der Waals surface area contributed by atoms with Gasteiger partial charge in [0.2, 0.25) is 11.8 Å². The standard InChI is InChI=1S/C27H44N2O6S/c1-4-5-13-28-26(31)20(2)16-25(30)24-18-22-11-10-12-23(17-22)35-14-8-6-7-9-15-36(33,34)19-21(3)27(32)29-24/h10-12,17,20-21,24-25,30H,4-9,13-16,18-19H2,1-3H3,(H,28,31)(H,29,32)/t20-,21-,24+,25+/m1/s1. The molecule has 36 heavy (non-hydrogen) atoms. The number of carbonyl (C=O) groups excluding carboxylic acids is 2. The molecule has 8 nitrogen and oxygen atoms in total. The van der Waals surface area contributed by atoms with Crippen LogP contribution < -0.4 is 15.4 Å². The number of carbonyl (C=O) groups is 2. The van der Waals surface area contributed by atoms with Crippen molar-refractivity contribution in [3.63, 3.8) is 0 Å². The fourth-order valence-corrected chi connectivity index (χ4v) is 6.05. The van der Waals surface area contributed by atoms with Gasteiger partial charge in [-0.1, -0.05) is 52.2 Å². The molecule has 204 valence electrons. The molecule has 2 bridgehead atoms. The lowest BCUT2D eigenvalue weighted by atomic mass is 9.93. The molecule has 1 aliphatic rings. The summed E-state index contributed by atoms with van der Waals surface area (Å²) in [5, 5.41) is 16.8. The molecule has 0 saturated carbocycles. The lowest BCUT2D eigenvalue weighted by Gasteiger charge is -2.27. The highest BCUT2D eigenvalue weighted by atomic mass is 32.2. The second-order valence-electron chi connectivity index (χ2n) is 10.1. The van der Waals surface area contributed by atoms with Crippen LogP contribution in [0, 0.1) is 11.8 Å². The van der Waals surface area contributed by atoms with Crippen molar-refractivity contribution in [3.05, 3.63) is 29.8 Å². The molecule has 1 aromatic carbocycles. The van der Waals surface area contributed by atoms with Crippen molar-refractivity contribution < 1.29 is 27.9 Å². The first-order valence-corrected chi connectivity index (χ1v) is 15.1. The number of ether oxygens (including phenoxy) is 1. The Labute approximate surface area is 216 Å². The van der Waals surface area contributed by atoms with Gasteiger partial charge in [-0.15, -0.1) is 0 Å². The number of aliphatic hydroxyl groups excluding tert-OH is 1. The van der Waals surface area contributed by atoms with Crippen LogP contribution in [0.4, 0.5) is 0 Å². The molecule has 9 heteroatoms. The average molecular weight is 525 g/mol. The van der Waals surface area contributed by atoms with E-state index < -0.39 is 39.7 Å². The summed E-state index contributed by atoms with van der Waals surface area (Å²) in [6.07, 6.45) is 4.44. The first-order valence-electron chi connectivity index (χ1n) is 13.3. The van der Waals surface area contributed by atoms with Crippen molar-refractivity contribution in [3.8, 4) is 5.75 Å². The molecule has 0 radical (unpaired) electrons. The molecule has 1 aromatic rings. The van der Waals surface area contributed by atoms with Crippen molar-refractivity contribution in [1.29, 1.82) is 0 Å². The smallest absolute Gasteiger partial charge is 0.224 e. The molecule has 0 aromatic heterocycles. The third-order valence-electron chi connectivity index (χ3n) is 6.59. The summed E-state index contributed by atoms with van der Waals surface area (Å²) in [4.78, 5) is 25.4. The van der Waals surface area contributed by atoms with Crippen molar-refractivity contribution in [1.82, 2.24) is 10.6 Å². The van der Waals surface area contributed by atoms with Gasteiger partial charge in [-0.25, -0.2) is 8.42 Å². The zero-order valence-corrected chi connectivity index (χ0v) is 22.8. The third kappa shape index (κ3) is 10.9. The van der Waals surface area contributed by atoms with E-state index in [2.05, 4.69) is 10.6 Å². The molecule has 0 spiro atoms. The summed E-state index contributed by atoms with van der Waals surface area (Å²) < 4.78 is 31.0. The summed E-state index contributed by atoms with van der Waals surface area (Å²) in [5.41, 5.74) is 0.876. The van der Waals surface area contributed by atoms with Crippen LogP contribution in [0.5, 0.6) is 5.75 Å². The quantitative estimate of drug-likeness (QED) is 0.472. The van der Waals surface area contributed by atoms with E-state index in [1.807, 2.05) is 31.2 Å². The van der Waals surface area contributed by atoms with Crippen LogP contribution in [0.1, 0.15) is 71.3 Å². The Hall–Kier alpha value is -2.13. The third-order valence-corrected chi connectivity index (χ3v) is 8.51. The van der Waals surface area contributed by atoms with Crippen LogP contribution >= 0.6 is 0 Å². The number of sulfone groups is 1. The minimum absolute atomic E-state index is 0.0585. The highest BCUT2D eigenvalue weighted by Gasteiger charge is 2.29. The molecule has 0 unspecified atom stereocenters. The zero-order chi connectivity index (χ0) is 26.6. The van der Waals surface area contributed by atoms with Gasteiger partial charge < -0.3 is 20.5 Å². The number of hydrogen-bond acceptors (Lipinski definition) is 6. The number of unbranched alkanes of at least 4 members (excludes halogenated alkanes) is 1. The second-order valence-corrected chi connectivity index (χ2v) is 12.3. The van der Waals surface area contributed by atoms with E-state index in [9.17, 15) is 23.1 Å². The Bertz CT molecular complexity index is 936. The van der Waals surface area contributed by atoms with Crippen molar-refractivity contribution in [2.75, 3.05) is 24.7 Å². The van der Waals surface area contributed by atoms with E-state index in [-0.39, 0.29) is 23.8 Å². The maximum atomic E-state index is 13.0. The molecule has 0 saturated heterocycles. The summed E-state index contributed by atoms with van der Waals surface area (Å²) in [5.74, 6) is -1.18. The molecule has 2 rings (SSSR count). The number of amides is 2. The van der Waals surface area contributed by atoms with Gasteiger partial charge in [0, 0.05) is 18.4 Å². The van der Waals surface area contributed by atoms with E-state index in [1.54, 1.807) is 13.8 Å². The Morgan fingerprint density at radius 1 is 1.25 bits per heavy atom. The predicted molar refractivity (Wildman–Crippen MR) is 142 cm³/mol. The lowest BCUT2D eigenvalue weighted by Crippen LogP contribution is -2.48. The Kier molecular flexibility index (Phi) is 12.7. The van der Waals surface area contributed by atoms with Crippen LogP contribution in [0.25, 0.3) is 0 Å². The first-order chi connectivity index (χ1) is 17.1. The number of fused-ring (bicyclic) bond motifs is 2.